The second kappa shape index (κ2) is 9.97. The lowest BCUT2D eigenvalue weighted by Gasteiger charge is -2.15. The molecule has 0 saturated carbocycles. The molecule has 32 heavy (non-hydrogen) atoms. The van der Waals surface area contributed by atoms with Crippen molar-refractivity contribution in [2.75, 3.05) is 25.0 Å². The second-order valence-corrected chi connectivity index (χ2v) is 8.12. The van der Waals surface area contributed by atoms with E-state index in [-0.39, 0.29) is 29.3 Å². The molecule has 0 aromatic heterocycles. The highest BCUT2D eigenvalue weighted by Crippen LogP contribution is 2.26. The van der Waals surface area contributed by atoms with E-state index in [1.807, 2.05) is 30.3 Å². The molecule has 7 nitrogen and oxygen atoms in total. The van der Waals surface area contributed by atoms with Gasteiger partial charge >= 0.3 is 0 Å². The number of carbonyl (C=O) groups excluding carboxylic acids is 3. The predicted octanol–water partition coefficient (Wildman–Crippen LogP) is 3.07. The van der Waals surface area contributed by atoms with Crippen LogP contribution < -0.4 is 10.6 Å². The monoisotopic (exact) mass is 453 g/mol. The Labute approximate surface area is 191 Å². The van der Waals surface area contributed by atoms with Crippen molar-refractivity contribution >= 4 is 35.0 Å². The zero-order valence-electron chi connectivity index (χ0n) is 17.5. The van der Waals surface area contributed by atoms with Crippen LogP contribution in [0.3, 0.4) is 0 Å². The molecule has 2 aromatic rings. The molecule has 3 amide bonds. The van der Waals surface area contributed by atoms with Crippen LogP contribution >= 0.6 is 11.6 Å². The average Bonchev–Trinajstić information content (AvgIpc) is 3.41. The number of amides is 3. The molecule has 4 rings (SSSR count). The van der Waals surface area contributed by atoms with Gasteiger partial charge in [0, 0.05) is 30.9 Å². The van der Waals surface area contributed by atoms with Crippen LogP contribution in [0, 0.1) is 0 Å². The van der Waals surface area contributed by atoms with Gasteiger partial charge in [0.15, 0.2) is 0 Å². The molecule has 2 aliphatic heterocycles. The number of ether oxygens (including phenoxy) is 1. The van der Waals surface area contributed by atoms with Crippen LogP contribution in [0.1, 0.15) is 28.8 Å². The molecule has 8 heteroatoms. The van der Waals surface area contributed by atoms with Crippen molar-refractivity contribution in [3.05, 3.63) is 76.5 Å². The van der Waals surface area contributed by atoms with Gasteiger partial charge in [-0.3, -0.25) is 19.3 Å². The lowest BCUT2D eigenvalue weighted by molar-refractivity contribution is -0.137. The van der Waals surface area contributed by atoms with E-state index in [1.54, 1.807) is 24.3 Å². The summed E-state index contributed by atoms with van der Waals surface area (Å²) in [5, 5.41) is 5.63. The fraction of sp³-hybridized carbons (Fsp3) is 0.292. The maximum Gasteiger partial charge on any atom is 0.278 e. The van der Waals surface area contributed by atoms with Crippen LogP contribution in [0.15, 0.2) is 65.3 Å². The number of nitrogens with one attached hydrogen (secondary N) is 2. The number of nitrogens with zero attached hydrogens (tertiary/aromatic N) is 1. The molecule has 0 aliphatic carbocycles. The SMILES string of the molecule is O=C(NC[C@H]1CCCO1)c1cccc(NC2=C(Cl)C(=O)N(CCc3ccccc3)C2=O)c1. The summed E-state index contributed by atoms with van der Waals surface area (Å²) in [6, 6.07) is 16.3. The fourth-order valence-electron chi connectivity index (χ4n) is 3.74. The normalized spacial score (nSPS) is 18.4. The van der Waals surface area contributed by atoms with Gasteiger partial charge in [0.2, 0.25) is 0 Å². The predicted molar refractivity (Wildman–Crippen MR) is 121 cm³/mol. The number of hydrogen-bond donors (Lipinski definition) is 2. The van der Waals surface area contributed by atoms with Crippen LogP contribution in [0.25, 0.3) is 0 Å². The Bertz CT molecular complexity index is 1050. The first-order chi connectivity index (χ1) is 15.5. The topological polar surface area (TPSA) is 87.7 Å². The number of carbonyl (C=O) groups is 3. The maximum atomic E-state index is 12.8. The van der Waals surface area contributed by atoms with Gasteiger partial charge in [-0.1, -0.05) is 48.0 Å². The van der Waals surface area contributed by atoms with Crippen LogP contribution in [-0.2, 0) is 20.7 Å². The number of imide groups is 1. The van der Waals surface area contributed by atoms with E-state index in [4.69, 9.17) is 16.3 Å². The van der Waals surface area contributed by atoms with Gasteiger partial charge in [-0.05, 0) is 43.0 Å². The van der Waals surface area contributed by atoms with Crippen molar-refractivity contribution in [2.24, 2.45) is 0 Å². The van der Waals surface area contributed by atoms with E-state index in [0.717, 1.165) is 29.9 Å². The third-order valence-electron chi connectivity index (χ3n) is 5.49. The summed E-state index contributed by atoms with van der Waals surface area (Å²) in [5.41, 5.74) is 1.96. The van der Waals surface area contributed by atoms with Gasteiger partial charge in [0.25, 0.3) is 17.7 Å². The summed E-state index contributed by atoms with van der Waals surface area (Å²) in [4.78, 5) is 39.0. The van der Waals surface area contributed by atoms with Gasteiger partial charge in [-0.15, -0.1) is 0 Å². The summed E-state index contributed by atoms with van der Waals surface area (Å²) in [6.45, 7) is 1.41. The molecule has 166 valence electrons. The molecule has 1 atom stereocenters. The Hall–Kier alpha value is -3.16. The molecule has 1 fully saturated rings. The Kier molecular flexibility index (Phi) is 6.87. The summed E-state index contributed by atoms with van der Waals surface area (Å²) in [6.07, 6.45) is 2.53. The second-order valence-electron chi connectivity index (χ2n) is 7.74. The van der Waals surface area contributed by atoms with Gasteiger partial charge in [-0.2, -0.15) is 0 Å². The van der Waals surface area contributed by atoms with E-state index in [0.29, 0.717) is 24.2 Å². The van der Waals surface area contributed by atoms with E-state index in [9.17, 15) is 14.4 Å². The molecule has 1 saturated heterocycles. The van der Waals surface area contributed by atoms with E-state index in [1.165, 1.54) is 0 Å². The number of halogens is 1. The summed E-state index contributed by atoms with van der Waals surface area (Å²) < 4.78 is 5.52. The Balaban J connectivity index is 1.39. The Morgan fingerprint density at radius 1 is 1.09 bits per heavy atom. The molecule has 0 unspecified atom stereocenters. The van der Waals surface area contributed by atoms with Crippen molar-refractivity contribution < 1.29 is 19.1 Å². The summed E-state index contributed by atoms with van der Waals surface area (Å²) in [5.74, 6) is -1.24. The molecule has 2 aromatic carbocycles. The molecule has 2 N–H and O–H groups in total. The van der Waals surface area contributed by atoms with Crippen molar-refractivity contribution in [1.29, 1.82) is 0 Å². The summed E-state index contributed by atoms with van der Waals surface area (Å²) >= 11 is 6.19. The first kappa shape index (κ1) is 22.0. The number of hydrogen-bond acceptors (Lipinski definition) is 5. The quantitative estimate of drug-likeness (QED) is 0.600. The Morgan fingerprint density at radius 3 is 2.66 bits per heavy atom. The van der Waals surface area contributed by atoms with E-state index in [2.05, 4.69) is 10.6 Å². The van der Waals surface area contributed by atoms with E-state index < -0.39 is 11.8 Å². The fourth-order valence-corrected chi connectivity index (χ4v) is 3.97. The van der Waals surface area contributed by atoms with Crippen molar-refractivity contribution in [3.63, 3.8) is 0 Å². The van der Waals surface area contributed by atoms with Crippen molar-refractivity contribution in [2.45, 2.75) is 25.4 Å². The van der Waals surface area contributed by atoms with Crippen molar-refractivity contribution in [3.8, 4) is 0 Å². The third kappa shape index (κ3) is 5.00. The first-order valence-corrected chi connectivity index (χ1v) is 11.0. The molecule has 2 aliphatic rings. The zero-order valence-corrected chi connectivity index (χ0v) is 18.2. The standard InChI is InChI=1S/C24H24ClN3O4/c25-20-21(24(31)28(23(20)30)12-11-16-6-2-1-3-7-16)27-18-9-4-8-17(14-18)22(29)26-15-19-10-5-13-32-19/h1-4,6-9,14,19,27H,5,10-13,15H2,(H,26,29)/t19-/m1/s1. The Morgan fingerprint density at radius 2 is 1.91 bits per heavy atom. The minimum atomic E-state index is -0.527. The third-order valence-corrected chi connectivity index (χ3v) is 5.84. The van der Waals surface area contributed by atoms with Gasteiger partial charge < -0.3 is 15.4 Å². The van der Waals surface area contributed by atoms with Crippen molar-refractivity contribution in [1.82, 2.24) is 10.2 Å². The number of benzene rings is 2. The first-order valence-electron chi connectivity index (χ1n) is 10.6. The highest BCUT2D eigenvalue weighted by molar-refractivity contribution is 6.48. The molecule has 0 spiro atoms. The minimum absolute atomic E-state index is 0.0154. The number of anilines is 1. The van der Waals surface area contributed by atoms with Gasteiger partial charge in [0.05, 0.1) is 6.10 Å². The summed E-state index contributed by atoms with van der Waals surface area (Å²) in [7, 11) is 0. The van der Waals surface area contributed by atoms with Gasteiger partial charge in [0.1, 0.15) is 10.7 Å². The molecular weight excluding hydrogens is 430 g/mol. The van der Waals surface area contributed by atoms with Crippen LogP contribution in [-0.4, -0.2) is 48.4 Å². The minimum Gasteiger partial charge on any atom is -0.376 e. The van der Waals surface area contributed by atoms with E-state index >= 15 is 0 Å². The molecule has 0 radical (unpaired) electrons. The highest BCUT2D eigenvalue weighted by Gasteiger charge is 2.37. The van der Waals surface area contributed by atoms with Gasteiger partial charge in [-0.25, -0.2) is 0 Å². The molecule has 0 bridgehead atoms. The lowest BCUT2D eigenvalue weighted by Crippen LogP contribution is -2.34. The molecule has 2 heterocycles. The average molecular weight is 454 g/mol. The highest BCUT2D eigenvalue weighted by atomic mass is 35.5. The van der Waals surface area contributed by atoms with Crippen LogP contribution in [0.2, 0.25) is 0 Å². The molecular formula is C24H24ClN3O4. The maximum absolute atomic E-state index is 12.8. The van der Waals surface area contributed by atoms with Crippen LogP contribution in [0.4, 0.5) is 5.69 Å². The van der Waals surface area contributed by atoms with Crippen LogP contribution in [0.5, 0.6) is 0 Å². The number of rotatable bonds is 8. The smallest absolute Gasteiger partial charge is 0.278 e. The largest absolute Gasteiger partial charge is 0.376 e. The zero-order chi connectivity index (χ0) is 22.5. The lowest BCUT2D eigenvalue weighted by atomic mass is 10.1.